The van der Waals surface area contributed by atoms with Crippen LogP contribution in [-0.2, 0) is 16.0 Å². The van der Waals surface area contributed by atoms with Gasteiger partial charge in [0.2, 0.25) is 0 Å². The van der Waals surface area contributed by atoms with Gasteiger partial charge in [0.05, 0.1) is 5.56 Å². The number of carbonyl (C=O) groups excluding carboxylic acids is 3. The van der Waals surface area contributed by atoms with Crippen LogP contribution in [0.2, 0.25) is 5.02 Å². The number of halogens is 1. The van der Waals surface area contributed by atoms with Gasteiger partial charge in [0.1, 0.15) is 0 Å². The Balaban J connectivity index is 1.73. The zero-order chi connectivity index (χ0) is 17.3. The second kappa shape index (κ2) is 6.45. The van der Waals surface area contributed by atoms with E-state index in [0.717, 1.165) is 5.56 Å². The molecular formula is C18H14ClNO4. The first-order valence-corrected chi connectivity index (χ1v) is 7.73. The molecule has 0 unspecified atom stereocenters. The smallest absolute Gasteiger partial charge is 0.339 e. The van der Waals surface area contributed by atoms with Gasteiger partial charge in [0.25, 0.3) is 5.91 Å². The highest BCUT2D eigenvalue weighted by Crippen LogP contribution is 2.24. The monoisotopic (exact) mass is 343 g/mol. The summed E-state index contributed by atoms with van der Waals surface area (Å²) in [6.07, 6.45) is -0.617. The van der Waals surface area contributed by atoms with Crippen LogP contribution in [0.15, 0.2) is 42.5 Å². The quantitative estimate of drug-likeness (QED) is 0.685. The fraction of sp³-hybridized carbons (Fsp3) is 0.167. The standard InChI is InChI=1S/C18H14ClNO4/c1-10(21)11-3-6-14(7-4-11)20-17(22)16-8-12-2-5-13(19)9-15(12)18(23)24-16/h2-7,9,16H,8H2,1H3,(H,20,22)/t16-/m0/s1. The molecule has 2 aromatic carbocycles. The second-order valence-electron chi connectivity index (χ2n) is 5.52. The van der Waals surface area contributed by atoms with Crippen LogP contribution >= 0.6 is 11.6 Å². The summed E-state index contributed by atoms with van der Waals surface area (Å²) in [5.74, 6) is -1.03. The van der Waals surface area contributed by atoms with Crippen LogP contribution in [0.5, 0.6) is 0 Å². The van der Waals surface area contributed by atoms with Gasteiger partial charge in [-0.3, -0.25) is 9.59 Å². The van der Waals surface area contributed by atoms with Crippen LogP contribution in [0, 0.1) is 0 Å². The number of hydrogen-bond acceptors (Lipinski definition) is 4. The molecule has 1 N–H and O–H groups in total. The molecule has 3 rings (SSSR count). The van der Waals surface area contributed by atoms with Gasteiger partial charge in [-0.25, -0.2) is 4.79 Å². The van der Waals surface area contributed by atoms with E-state index in [-0.39, 0.29) is 12.2 Å². The third-order valence-corrected chi connectivity index (χ3v) is 4.03. The predicted octanol–water partition coefficient (Wildman–Crippen LogP) is 3.26. The van der Waals surface area contributed by atoms with Crippen molar-refractivity contribution in [3.8, 4) is 0 Å². The van der Waals surface area contributed by atoms with E-state index < -0.39 is 18.0 Å². The van der Waals surface area contributed by atoms with E-state index in [0.29, 0.717) is 21.8 Å². The third kappa shape index (κ3) is 3.31. The number of fused-ring (bicyclic) bond motifs is 1. The molecule has 1 amide bonds. The summed E-state index contributed by atoms with van der Waals surface area (Å²) >= 11 is 5.87. The molecule has 0 radical (unpaired) electrons. The summed E-state index contributed by atoms with van der Waals surface area (Å²) in [7, 11) is 0. The summed E-state index contributed by atoms with van der Waals surface area (Å²) in [5.41, 5.74) is 2.20. The molecule has 0 saturated heterocycles. The highest BCUT2D eigenvalue weighted by atomic mass is 35.5. The van der Waals surface area contributed by atoms with E-state index in [4.69, 9.17) is 16.3 Å². The zero-order valence-electron chi connectivity index (χ0n) is 12.8. The van der Waals surface area contributed by atoms with E-state index in [2.05, 4.69) is 5.32 Å². The van der Waals surface area contributed by atoms with Gasteiger partial charge in [-0.15, -0.1) is 0 Å². The summed E-state index contributed by atoms with van der Waals surface area (Å²) in [6, 6.07) is 11.5. The maximum atomic E-state index is 12.3. The average Bonchev–Trinajstić information content (AvgIpc) is 2.55. The molecule has 0 aromatic heterocycles. The van der Waals surface area contributed by atoms with Crippen molar-refractivity contribution in [3.63, 3.8) is 0 Å². The minimum atomic E-state index is -0.904. The van der Waals surface area contributed by atoms with Gasteiger partial charge >= 0.3 is 5.97 Å². The summed E-state index contributed by atoms with van der Waals surface area (Å²) in [5, 5.41) is 3.13. The van der Waals surface area contributed by atoms with Crippen molar-refractivity contribution in [3.05, 3.63) is 64.2 Å². The fourth-order valence-electron chi connectivity index (χ4n) is 2.51. The Kier molecular flexibility index (Phi) is 4.36. The van der Waals surface area contributed by atoms with E-state index in [1.165, 1.54) is 13.0 Å². The molecule has 2 aromatic rings. The highest BCUT2D eigenvalue weighted by Gasteiger charge is 2.31. The lowest BCUT2D eigenvalue weighted by Crippen LogP contribution is -2.38. The molecule has 24 heavy (non-hydrogen) atoms. The molecule has 1 aliphatic heterocycles. The topological polar surface area (TPSA) is 72.5 Å². The van der Waals surface area contributed by atoms with E-state index in [1.54, 1.807) is 36.4 Å². The Morgan fingerprint density at radius 3 is 2.54 bits per heavy atom. The number of ketones is 1. The van der Waals surface area contributed by atoms with Crippen molar-refractivity contribution >= 4 is 34.9 Å². The van der Waals surface area contributed by atoms with Crippen molar-refractivity contribution in [2.24, 2.45) is 0 Å². The SMILES string of the molecule is CC(=O)c1ccc(NC(=O)[C@@H]2Cc3ccc(Cl)cc3C(=O)O2)cc1. The van der Waals surface area contributed by atoms with Crippen LogP contribution in [0.1, 0.15) is 33.2 Å². The lowest BCUT2D eigenvalue weighted by molar-refractivity contribution is -0.125. The van der Waals surface area contributed by atoms with Crippen molar-refractivity contribution in [1.82, 2.24) is 0 Å². The van der Waals surface area contributed by atoms with E-state index >= 15 is 0 Å². The van der Waals surface area contributed by atoms with Gasteiger partial charge in [-0.1, -0.05) is 17.7 Å². The molecule has 1 heterocycles. The number of esters is 1. The third-order valence-electron chi connectivity index (χ3n) is 3.80. The molecule has 1 aliphatic rings. The Morgan fingerprint density at radius 1 is 1.17 bits per heavy atom. The molecule has 0 aliphatic carbocycles. The molecule has 6 heteroatoms. The molecule has 0 spiro atoms. The maximum Gasteiger partial charge on any atom is 0.339 e. The number of amides is 1. The fourth-order valence-corrected chi connectivity index (χ4v) is 2.68. The largest absolute Gasteiger partial charge is 0.448 e. The minimum absolute atomic E-state index is 0.0515. The zero-order valence-corrected chi connectivity index (χ0v) is 13.6. The lowest BCUT2D eigenvalue weighted by Gasteiger charge is -2.24. The van der Waals surface area contributed by atoms with Gasteiger partial charge in [-0.2, -0.15) is 0 Å². The number of rotatable bonds is 3. The number of nitrogens with one attached hydrogen (secondary N) is 1. The van der Waals surface area contributed by atoms with Crippen molar-refractivity contribution in [2.75, 3.05) is 5.32 Å². The summed E-state index contributed by atoms with van der Waals surface area (Å²) in [6.45, 7) is 1.47. The van der Waals surface area contributed by atoms with Crippen LogP contribution in [0.4, 0.5) is 5.69 Å². The van der Waals surface area contributed by atoms with Crippen molar-refractivity contribution in [1.29, 1.82) is 0 Å². The Morgan fingerprint density at radius 2 is 1.88 bits per heavy atom. The van der Waals surface area contributed by atoms with Gasteiger partial charge < -0.3 is 10.1 Å². The van der Waals surface area contributed by atoms with Crippen molar-refractivity contribution in [2.45, 2.75) is 19.4 Å². The number of hydrogen-bond donors (Lipinski definition) is 1. The van der Waals surface area contributed by atoms with Crippen LogP contribution in [0.3, 0.4) is 0 Å². The number of anilines is 1. The summed E-state index contributed by atoms with van der Waals surface area (Å²) < 4.78 is 5.20. The summed E-state index contributed by atoms with van der Waals surface area (Å²) in [4.78, 5) is 35.6. The first-order valence-electron chi connectivity index (χ1n) is 7.35. The first-order chi connectivity index (χ1) is 11.4. The highest BCUT2D eigenvalue weighted by molar-refractivity contribution is 6.31. The van der Waals surface area contributed by atoms with Gasteiger partial charge in [0, 0.05) is 22.7 Å². The molecular weight excluding hydrogens is 330 g/mol. The number of cyclic esters (lactones) is 1. The Hall–Kier alpha value is -2.66. The number of benzene rings is 2. The van der Waals surface area contributed by atoms with Crippen molar-refractivity contribution < 1.29 is 19.1 Å². The van der Waals surface area contributed by atoms with E-state index in [1.807, 2.05) is 0 Å². The van der Waals surface area contributed by atoms with Gasteiger partial charge in [0.15, 0.2) is 11.9 Å². The predicted molar refractivity (Wildman–Crippen MR) is 89.4 cm³/mol. The molecule has 5 nitrogen and oxygen atoms in total. The molecule has 1 atom stereocenters. The molecule has 122 valence electrons. The number of ether oxygens (including phenoxy) is 1. The van der Waals surface area contributed by atoms with E-state index in [9.17, 15) is 14.4 Å². The Labute approximate surface area is 143 Å². The number of Topliss-reactive ketones (excluding diaryl/α,β-unsaturated/α-hetero) is 1. The van der Waals surface area contributed by atoms with Gasteiger partial charge in [-0.05, 0) is 48.9 Å². The molecule has 0 saturated carbocycles. The lowest BCUT2D eigenvalue weighted by atomic mass is 9.98. The normalized spacial score (nSPS) is 16.1. The number of carbonyl (C=O) groups is 3. The Bertz CT molecular complexity index is 829. The van der Waals surface area contributed by atoms with Crippen LogP contribution in [-0.4, -0.2) is 23.8 Å². The molecule has 0 bridgehead atoms. The molecule has 0 fully saturated rings. The first kappa shape index (κ1) is 16.2. The second-order valence-corrected chi connectivity index (χ2v) is 5.96. The van der Waals surface area contributed by atoms with Crippen LogP contribution in [0.25, 0.3) is 0 Å². The minimum Gasteiger partial charge on any atom is -0.448 e. The van der Waals surface area contributed by atoms with Crippen LogP contribution < -0.4 is 5.32 Å². The average molecular weight is 344 g/mol. The maximum absolute atomic E-state index is 12.3.